The number of ether oxygens (including phenoxy) is 4. The monoisotopic (exact) mass is 1270 g/mol. The lowest BCUT2D eigenvalue weighted by Crippen LogP contribution is -2.62. The molecular weight excluding hydrogens is 1200 g/mol. The lowest BCUT2D eigenvalue weighted by Gasteiger charge is -2.48. The van der Waals surface area contributed by atoms with E-state index in [-0.39, 0.29) is 118 Å². The standard InChI is InChI=1S/C37H42F3N5O5.C32H33F3N4O3/c1-18(2)29-33(30(19(3)4)42-17-41-29)45-31-22(13-24(39)27(28(31)40)26-23(38)11-10-12-25(26)48-9)32-34(35(45)46)49-16-21-15-43(20(5)14-44(21)32)36(47)50-37(6,7)8;1-15(2)26-30(27(16(3)4)37-14-36-26)39-28-19(11-21(34)24(25(28)35)23-20(33)7-6-8-22(23)40)29-31(32(39)41)42-13-18-10-9-17(5)12-38(18)29/h10-13,17-21H,14-16H2,1-9H3;6-8,11,14-18,40H,9-10,12-13H2,1-5H3/t20-,21-;17-,18+/m10/s1. The van der Waals surface area contributed by atoms with Crippen molar-refractivity contribution in [2.75, 3.05) is 49.8 Å². The van der Waals surface area contributed by atoms with E-state index >= 15 is 26.3 Å². The number of hydrogen-bond donors (Lipinski definition) is 1. The number of carbonyl (C=O) groups is 1. The number of aromatic hydroxyl groups is 1. The molecular formula is C69H75F6N9O8. The first-order valence-corrected chi connectivity index (χ1v) is 31.1. The van der Waals surface area contributed by atoms with E-state index in [9.17, 15) is 19.5 Å². The Labute approximate surface area is 528 Å². The van der Waals surface area contributed by atoms with Gasteiger partial charge in [-0.1, -0.05) is 74.4 Å². The van der Waals surface area contributed by atoms with E-state index < -0.39 is 97.8 Å². The zero-order valence-electron chi connectivity index (χ0n) is 53.9. The molecule has 0 spiro atoms. The SMILES string of the molecule is CC(C)c1ncnc(C(C)C)c1-n1c(=O)c2c(c3cc(F)c(-c4c(O)cccc4F)c(F)c31)N1C[C@@H](C)CC[C@@H]1CO2.COc1cccc(F)c1-c1c(F)cc2c3c(c(=O)n(-c4c(C(C)C)ncnc4C(C)C)c2c1F)OC[C@H]1CN(C(=O)OC(C)(C)C)[C@H](C)CN31. The third kappa shape index (κ3) is 11.0. The van der Waals surface area contributed by atoms with Gasteiger partial charge < -0.3 is 38.8 Å². The van der Waals surface area contributed by atoms with Crippen LogP contribution in [0.25, 0.3) is 55.4 Å². The van der Waals surface area contributed by atoms with Gasteiger partial charge in [-0.05, 0) is 107 Å². The summed E-state index contributed by atoms with van der Waals surface area (Å²) in [5.74, 6) is -7.75. The van der Waals surface area contributed by atoms with Gasteiger partial charge in [-0.25, -0.2) is 51.1 Å². The molecule has 1 N–H and O–H groups in total. The minimum Gasteiger partial charge on any atom is -0.507 e. The lowest BCUT2D eigenvalue weighted by atomic mass is 9.91. The number of rotatable bonds is 9. The van der Waals surface area contributed by atoms with Crippen molar-refractivity contribution in [3.05, 3.63) is 140 Å². The highest BCUT2D eigenvalue weighted by atomic mass is 19.2. The Balaban J connectivity index is 0.000000191. The highest BCUT2D eigenvalue weighted by molar-refractivity contribution is 6.01. The van der Waals surface area contributed by atoms with E-state index in [0.29, 0.717) is 35.0 Å². The van der Waals surface area contributed by atoms with Crippen molar-refractivity contribution in [3.63, 3.8) is 0 Å². The summed E-state index contributed by atoms with van der Waals surface area (Å²) in [6.45, 7) is 25.7. The van der Waals surface area contributed by atoms with Gasteiger partial charge in [0.25, 0.3) is 11.1 Å². The normalized spacial score (nSPS) is 17.9. The van der Waals surface area contributed by atoms with Gasteiger partial charge in [0, 0.05) is 36.4 Å². The average molecular weight is 1270 g/mol. The summed E-state index contributed by atoms with van der Waals surface area (Å²) in [4.78, 5) is 66.0. The van der Waals surface area contributed by atoms with Crippen LogP contribution in [0.2, 0.25) is 0 Å². The molecule has 0 saturated carbocycles. The first-order chi connectivity index (χ1) is 43.6. The van der Waals surface area contributed by atoms with Gasteiger partial charge in [0.15, 0.2) is 11.6 Å². The van der Waals surface area contributed by atoms with E-state index in [4.69, 9.17) is 18.9 Å². The molecule has 17 nitrogen and oxygen atoms in total. The molecule has 1 amide bonds. The van der Waals surface area contributed by atoms with Gasteiger partial charge in [-0.15, -0.1) is 0 Å². The van der Waals surface area contributed by atoms with Crippen LogP contribution in [0.5, 0.6) is 23.0 Å². The minimum absolute atomic E-state index is 0.00130. The highest BCUT2D eigenvalue weighted by Gasteiger charge is 2.44. The maximum atomic E-state index is 17.5. The number of fused-ring (bicyclic) bond motifs is 10. The topological polar surface area (TPSA) is 180 Å². The number of halogens is 6. The highest BCUT2D eigenvalue weighted by Crippen LogP contribution is 2.49. The summed E-state index contributed by atoms with van der Waals surface area (Å²) in [6.07, 6.45) is 4.08. The molecule has 486 valence electrons. The average Bonchev–Trinajstić information content (AvgIpc) is 0.716. The number of methoxy groups -OCH3 is 1. The van der Waals surface area contributed by atoms with Crippen molar-refractivity contribution in [2.45, 2.75) is 150 Å². The van der Waals surface area contributed by atoms with Crippen molar-refractivity contribution in [3.8, 4) is 56.6 Å². The van der Waals surface area contributed by atoms with Crippen LogP contribution in [0, 0.1) is 40.8 Å². The summed E-state index contributed by atoms with van der Waals surface area (Å²) in [7, 11) is 1.28. The van der Waals surface area contributed by atoms with Crippen molar-refractivity contribution < 1.29 is 55.2 Å². The summed E-state index contributed by atoms with van der Waals surface area (Å²) in [5.41, 5.74) is -2.12. The number of phenols is 1. The predicted molar refractivity (Wildman–Crippen MR) is 340 cm³/mol. The molecule has 0 unspecified atom stereocenters. The van der Waals surface area contributed by atoms with Crippen LogP contribution >= 0.6 is 0 Å². The molecule has 4 aromatic heterocycles. The number of amides is 1. The summed E-state index contributed by atoms with van der Waals surface area (Å²) in [5, 5.41) is 10.7. The Bertz CT molecular complexity index is 4320. The number of piperidine rings is 1. The molecule has 0 radical (unpaired) electrons. The zero-order valence-corrected chi connectivity index (χ0v) is 53.9. The van der Waals surface area contributed by atoms with Crippen molar-refractivity contribution >= 4 is 39.3 Å². The summed E-state index contributed by atoms with van der Waals surface area (Å²) in [6, 6.07) is 8.59. The van der Waals surface area contributed by atoms with E-state index in [1.54, 1.807) is 25.7 Å². The van der Waals surface area contributed by atoms with E-state index in [1.807, 2.05) is 72.1 Å². The Morgan fingerprint density at radius 2 is 1.03 bits per heavy atom. The molecule has 0 bridgehead atoms. The van der Waals surface area contributed by atoms with Crippen LogP contribution in [0.3, 0.4) is 0 Å². The molecule has 8 aromatic rings. The van der Waals surface area contributed by atoms with Crippen LogP contribution in [0.4, 0.5) is 42.5 Å². The third-order valence-corrected chi connectivity index (χ3v) is 17.5. The second-order valence-electron chi connectivity index (χ2n) is 26.5. The van der Waals surface area contributed by atoms with Crippen molar-refractivity contribution in [1.82, 2.24) is 34.0 Å². The number of carbonyl (C=O) groups excluding carboxylic acids is 1. The molecule has 4 aliphatic heterocycles. The van der Waals surface area contributed by atoms with E-state index in [1.165, 1.54) is 42.5 Å². The number of pyridine rings is 2. The van der Waals surface area contributed by atoms with Crippen LogP contribution in [-0.2, 0) is 4.74 Å². The molecule has 23 heteroatoms. The van der Waals surface area contributed by atoms with Gasteiger partial charge in [-0.3, -0.25) is 18.7 Å². The van der Waals surface area contributed by atoms with Crippen molar-refractivity contribution in [2.24, 2.45) is 5.92 Å². The maximum absolute atomic E-state index is 17.5. The van der Waals surface area contributed by atoms with Crippen LogP contribution in [0.1, 0.15) is 149 Å². The van der Waals surface area contributed by atoms with Crippen LogP contribution in [0.15, 0.2) is 70.8 Å². The molecule has 2 saturated heterocycles. The molecule has 4 aliphatic rings. The smallest absolute Gasteiger partial charge is 0.410 e. The minimum atomic E-state index is -1.18. The molecule has 2 fully saturated rings. The van der Waals surface area contributed by atoms with Gasteiger partial charge in [0.1, 0.15) is 66.2 Å². The molecule has 4 aromatic carbocycles. The van der Waals surface area contributed by atoms with Crippen LogP contribution < -0.4 is 35.1 Å². The fourth-order valence-electron chi connectivity index (χ4n) is 13.3. The fourth-order valence-corrected chi connectivity index (χ4v) is 13.3. The molecule has 12 rings (SSSR count). The summed E-state index contributed by atoms with van der Waals surface area (Å²) >= 11 is 0. The van der Waals surface area contributed by atoms with Gasteiger partial charge in [0.05, 0.1) is 98.0 Å². The summed E-state index contributed by atoms with van der Waals surface area (Å²) < 4.78 is 123. The fraction of sp³-hybridized carbons (Fsp3) is 0.435. The Hall–Kier alpha value is -8.89. The van der Waals surface area contributed by atoms with Crippen molar-refractivity contribution in [1.29, 1.82) is 0 Å². The van der Waals surface area contributed by atoms with E-state index in [0.717, 1.165) is 47.7 Å². The number of hydrogen-bond acceptors (Lipinski definition) is 14. The molecule has 8 heterocycles. The first-order valence-electron chi connectivity index (χ1n) is 31.1. The molecule has 92 heavy (non-hydrogen) atoms. The largest absolute Gasteiger partial charge is 0.507 e. The third-order valence-electron chi connectivity index (χ3n) is 17.5. The Morgan fingerprint density at radius 3 is 1.49 bits per heavy atom. The second-order valence-corrected chi connectivity index (χ2v) is 26.5. The maximum Gasteiger partial charge on any atom is 0.410 e. The lowest BCUT2D eigenvalue weighted by molar-refractivity contribution is 0.00991. The Kier molecular flexibility index (Phi) is 17.3. The number of piperazine rings is 1. The van der Waals surface area contributed by atoms with E-state index in [2.05, 4.69) is 26.9 Å². The molecule has 0 aliphatic carbocycles. The quantitative estimate of drug-likeness (QED) is 0.135. The van der Waals surface area contributed by atoms with Gasteiger partial charge in [0.2, 0.25) is 11.5 Å². The number of anilines is 2. The van der Waals surface area contributed by atoms with Crippen LogP contribution in [-0.4, -0.2) is 109 Å². The predicted octanol–water partition coefficient (Wildman–Crippen LogP) is 14.1. The zero-order chi connectivity index (χ0) is 66.4. The first kappa shape index (κ1) is 64.6. The number of nitrogens with zero attached hydrogens (tertiary/aromatic N) is 9. The molecule has 4 atom stereocenters. The van der Waals surface area contributed by atoms with Gasteiger partial charge >= 0.3 is 6.09 Å². The number of phenolic OH excluding ortho intramolecular Hbond substituents is 1. The second kappa shape index (κ2) is 24.6. The number of aromatic nitrogens is 6. The number of benzene rings is 4. The Morgan fingerprint density at radius 1 is 0.587 bits per heavy atom. The van der Waals surface area contributed by atoms with Gasteiger partial charge in [-0.2, -0.15) is 0 Å².